The zero-order valence-electron chi connectivity index (χ0n) is 10.1. The normalized spacial score (nSPS) is 25.2. The van der Waals surface area contributed by atoms with Crippen molar-refractivity contribution in [1.82, 2.24) is 9.80 Å². The Morgan fingerprint density at radius 3 is 2.24 bits per heavy atom. The summed E-state index contributed by atoms with van der Waals surface area (Å²) in [5.41, 5.74) is -1.24. The van der Waals surface area contributed by atoms with Gasteiger partial charge in [0.15, 0.2) is 0 Å². The number of urea groups is 1. The molecule has 1 aliphatic rings. The first kappa shape index (κ1) is 13.2. The minimum absolute atomic E-state index is 0.0992. The zero-order valence-corrected chi connectivity index (χ0v) is 10.1. The molecule has 1 atom stereocenters. The van der Waals surface area contributed by atoms with Crippen LogP contribution in [0.25, 0.3) is 0 Å². The van der Waals surface area contributed by atoms with Gasteiger partial charge in [0.05, 0.1) is 0 Å². The Kier molecular flexibility index (Phi) is 3.50. The lowest BCUT2D eigenvalue weighted by Crippen LogP contribution is -2.62. The van der Waals surface area contributed by atoms with E-state index in [-0.39, 0.29) is 13.0 Å². The summed E-state index contributed by atoms with van der Waals surface area (Å²) in [5, 5.41) is 0. The Labute approximate surface area is 100 Å². The second-order valence-electron chi connectivity index (χ2n) is 4.18. The van der Waals surface area contributed by atoms with Gasteiger partial charge in [-0.3, -0.25) is 19.4 Å². The standard InChI is InChI=1S/C12H16N2O3/c1-5-7-12(3)9(15)13(4)11(17)14(8-6-2)10(12)16/h5-6H,1-2,7-8H2,3-4H3. The highest BCUT2D eigenvalue weighted by Crippen LogP contribution is 2.32. The van der Waals surface area contributed by atoms with E-state index in [0.29, 0.717) is 0 Å². The van der Waals surface area contributed by atoms with Crippen molar-refractivity contribution in [3.05, 3.63) is 25.3 Å². The minimum Gasteiger partial charge on any atom is -0.273 e. The van der Waals surface area contributed by atoms with Crippen molar-refractivity contribution >= 4 is 17.8 Å². The molecular weight excluding hydrogens is 220 g/mol. The molecule has 1 rings (SSSR count). The Bertz CT molecular complexity index is 403. The van der Waals surface area contributed by atoms with Gasteiger partial charge in [0.1, 0.15) is 5.41 Å². The van der Waals surface area contributed by atoms with E-state index in [0.717, 1.165) is 9.80 Å². The molecule has 1 heterocycles. The number of imide groups is 2. The number of allylic oxidation sites excluding steroid dienone is 1. The van der Waals surface area contributed by atoms with Crippen molar-refractivity contribution in [1.29, 1.82) is 0 Å². The van der Waals surface area contributed by atoms with Gasteiger partial charge >= 0.3 is 6.03 Å². The lowest BCUT2D eigenvalue weighted by molar-refractivity contribution is -0.156. The highest BCUT2D eigenvalue weighted by atomic mass is 16.2. The maximum Gasteiger partial charge on any atom is 0.333 e. The number of rotatable bonds is 4. The first-order valence-corrected chi connectivity index (χ1v) is 5.26. The fraction of sp³-hybridized carbons (Fsp3) is 0.417. The average Bonchev–Trinajstić information content (AvgIpc) is 2.31. The van der Waals surface area contributed by atoms with Crippen LogP contribution < -0.4 is 0 Å². The quantitative estimate of drug-likeness (QED) is 0.544. The van der Waals surface area contributed by atoms with E-state index in [1.807, 2.05) is 0 Å². The van der Waals surface area contributed by atoms with E-state index in [1.54, 1.807) is 0 Å². The Hall–Kier alpha value is -1.91. The summed E-state index contributed by atoms with van der Waals surface area (Å²) < 4.78 is 0. The monoisotopic (exact) mass is 236 g/mol. The molecule has 0 radical (unpaired) electrons. The highest BCUT2D eigenvalue weighted by molar-refractivity contribution is 6.18. The predicted octanol–water partition coefficient (Wildman–Crippen LogP) is 1.18. The first-order valence-electron chi connectivity index (χ1n) is 5.26. The number of amides is 4. The fourth-order valence-electron chi connectivity index (χ4n) is 1.87. The molecule has 0 bridgehead atoms. The van der Waals surface area contributed by atoms with Crippen LogP contribution in [0.5, 0.6) is 0 Å². The number of barbiturate groups is 1. The lowest BCUT2D eigenvalue weighted by atomic mass is 9.82. The van der Waals surface area contributed by atoms with Crippen molar-refractivity contribution in [2.45, 2.75) is 13.3 Å². The van der Waals surface area contributed by atoms with Gasteiger partial charge in [-0.2, -0.15) is 0 Å². The Morgan fingerprint density at radius 2 is 1.76 bits per heavy atom. The van der Waals surface area contributed by atoms with Crippen LogP contribution in [0.15, 0.2) is 25.3 Å². The average molecular weight is 236 g/mol. The van der Waals surface area contributed by atoms with Crippen LogP contribution in [-0.4, -0.2) is 41.2 Å². The van der Waals surface area contributed by atoms with Gasteiger partial charge in [0.25, 0.3) is 0 Å². The van der Waals surface area contributed by atoms with Gasteiger partial charge in [0.2, 0.25) is 11.8 Å². The maximum absolute atomic E-state index is 12.2. The number of carbonyl (C=O) groups is 3. The summed E-state index contributed by atoms with van der Waals surface area (Å²) in [6.07, 6.45) is 3.16. The smallest absolute Gasteiger partial charge is 0.273 e. The van der Waals surface area contributed by atoms with Crippen LogP contribution in [0.4, 0.5) is 4.79 Å². The van der Waals surface area contributed by atoms with Crippen LogP contribution in [0.3, 0.4) is 0 Å². The van der Waals surface area contributed by atoms with E-state index < -0.39 is 23.3 Å². The molecule has 1 saturated heterocycles. The van der Waals surface area contributed by atoms with E-state index in [2.05, 4.69) is 13.2 Å². The van der Waals surface area contributed by atoms with Crippen molar-refractivity contribution in [2.75, 3.05) is 13.6 Å². The van der Waals surface area contributed by atoms with Crippen molar-refractivity contribution in [3.63, 3.8) is 0 Å². The molecule has 1 fully saturated rings. The minimum atomic E-state index is -1.24. The van der Waals surface area contributed by atoms with Crippen LogP contribution in [0.1, 0.15) is 13.3 Å². The molecule has 0 aliphatic carbocycles. The van der Waals surface area contributed by atoms with Gasteiger partial charge < -0.3 is 0 Å². The summed E-state index contributed by atoms with van der Waals surface area (Å²) >= 11 is 0. The molecule has 92 valence electrons. The lowest BCUT2D eigenvalue weighted by Gasteiger charge is -2.40. The number of hydrogen-bond donors (Lipinski definition) is 0. The molecule has 1 aliphatic heterocycles. The second-order valence-corrected chi connectivity index (χ2v) is 4.18. The van der Waals surface area contributed by atoms with Gasteiger partial charge in [-0.25, -0.2) is 4.79 Å². The molecule has 0 saturated carbocycles. The summed E-state index contributed by atoms with van der Waals surface area (Å²) in [6.45, 7) is 8.65. The molecule has 5 heteroatoms. The molecule has 0 aromatic carbocycles. The molecule has 17 heavy (non-hydrogen) atoms. The summed E-state index contributed by atoms with van der Waals surface area (Å²) in [7, 11) is 1.37. The largest absolute Gasteiger partial charge is 0.333 e. The number of hydrogen-bond acceptors (Lipinski definition) is 3. The number of carbonyl (C=O) groups excluding carboxylic acids is 3. The highest BCUT2D eigenvalue weighted by Gasteiger charge is 2.52. The molecule has 1 unspecified atom stereocenters. The van der Waals surface area contributed by atoms with Gasteiger partial charge in [-0.05, 0) is 13.3 Å². The third-order valence-electron chi connectivity index (χ3n) is 2.88. The predicted molar refractivity (Wildman–Crippen MR) is 63.0 cm³/mol. The fourth-order valence-corrected chi connectivity index (χ4v) is 1.87. The van der Waals surface area contributed by atoms with Crippen LogP contribution >= 0.6 is 0 Å². The molecule has 0 spiro atoms. The van der Waals surface area contributed by atoms with Crippen LogP contribution in [0, 0.1) is 5.41 Å². The van der Waals surface area contributed by atoms with Gasteiger partial charge in [-0.1, -0.05) is 12.2 Å². The van der Waals surface area contributed by atoms with E-state index in [1.165, 1.54) is 26.1 Å². The first-order chi connectivity index (χ1) is 7.90. The van der Waals surface area contributed by atoms with Crippen LogP contribution in [0.2, 0.25) is 0 Å². The number of nitrogens with zero attached hydrogens (tertiary/aromatic N) is 2. The molecule has 0 aromatic rings. The van der Waals surface area contributed by atoms with Gasteiger partial charge in [0, 0.05) is 13.6 Å². The summed E-state index contributed by atoms with van der Waals surface area (Å²) in [4.78, 5) is 37.9. The second kappa shape index (κ2) is 4.53. The molecule has 4 amide bonds. The molecule has 0 N–H and O–H groups in total. The zero-order chi connectivity index (χ0) is 13.2. The SMILES string of the molecule is C=CCN1C(=O)N(C)C(=O)C(C)(CC=C)C1=O. The molecular formula is C12H16N2O3. The maximum atomic E-state index is 12.2. The van der Waals surface area contributed by atoms with Crippen molar-refractivity contribution in [3.8, 4) is 0 Å². The Balaban J connectivity index is 3.19. The third-order valence-corrected chi connectivity index (χ3v) is 2.88. The summed E-state index contributed by atoms with van der Waals surface area (Å²) in [5.74, 6) is -0.988. The van der Waals surface area contributed by atoms with Gasteiger partial charge in [-0.15, -0.1) is 13.2 Å². The van der Waals surface area contributed by atoms with E-state index >= 15 is 0 Å². The third kappa shape index (κ3) is 1.88. The summed E-state index contributed by atoms with van der Waals surface area (Å²) in [6, 6.07) is -0.610. The topological polar surface area (TPSA) is 57.7 Å². The van der Waals surface area contributed by atoms with Crippen LogP contribution in [-0.2, 0) is 9.59 Å². The Morgan fingerprint density at radius 1 is 1.18 bits per heavy atom. The van der Waals surface area contributed by atoms with Crippen molar-refractivity contribution in [2.24, 2.45) is 5.41 Å². The molecule has 5 nitrogen and oxygen atoms in total. The molecule has 0 aromatic heterocycles. The van der Waals surface area contributed by atoms with E-state index in [9.17, 15) is 14.4 Å². The van der Waals surface area contributed by atoms with Crippen molar-refractivity contribution < 1.29 is 14.4 Å². The van der Waals surface area contributed by atoms with E-state index in [4.69, 9.17) is 0 Å².